The number of hydrogen-bond donors (Lipinski definition) is 2. The van der Waals surface area contributed by atoms with Crippen molar-refractivity contribution in [3.8, 4) is 5.75 Å². The number of aliphatic imine (C=N–C) groups is 1. The van der Waals surface area contributed by atoms with Gasteiger partial charge in [0.15, 0.2) is 5.96 Å². The highest BCUT2D eigenvalue weighted by Crippen LogP contribution is 2.25. The zero-order valence-electron chi connectivity index (χ0n) is 18.0. The van der Waals surface area contributed by atoms with Crippen LogP contribution >= 0.6 is 0 Å². The fourth-order valence-corrected chi connectivity index (χ4v) is 3.59. The van der Waals surface area contributed by atoms with Gasteiger partial charge in [-0.2, -0.15) is 0 Å². The van der Waals surface area contributed by atoms with E-state index < -0.39 is 6.36 Å². The summed E-state index contributed by atoms with van der Waals surface area (Å²) in [5.41, 5.74) is 0.773. The summed E-state index contributed by atoms with van der Waals surface area (Å²) in [7, 11) is 1.38. The Kier molecular flexibility index (Phi) is 8.97. The van der Waals surface area contributed by atoms with E-state index in [-0.39, 0.29) is 36.1 Å². The number of aliphatic hydroxyl groups is 1. The molecule has 1 heterocycles. The summed E-state index contributed by atoms with van der Waals surface area (Å²) in [4.78, 5) is 18.6. The third-order valence-electron chi connectivity index (χ3n) is 5.19. The van der Waals surface area contributed by atoms with E-state index in [1.54, 1.807) is 12.1 Å². The number of hydrogen-bond acceptors (Lipinski definition) is 5. The fourth-order valence-electron chi connectivity index (χ4n) is 3.59. The molecule has 3 atom stereocenters. The molecule has 2 N–H and O–H groups in total. The highest BCUT2D eigenvalue weighted by Gasteiger charge is 2.37. The average Bonchev–Trinajstić information content (AvgIpc) is 3.11. The summed E-state index contributed by atoms with van der Waals surface area (Å²) in [6.07, 6.45) is -4.28. The number of carbonyl (C=O) groups is 1. The lowest BCUT2D eigenvalue weighted by molar-refractivity contribution is -0.274. The van der Waals surface area contributed by atoms with Crippen molar-refractivity contribution in [1.29, 1.82) is 0 Å². The van der Waals surface area contributed by atoms with Gasteiger partial charge in [-0.3, -0.25) is 9.79 Å². The van der Waals surface area contributed by atoms with Crippen LogP contribution in [-0.2, 0) is 16.0 Å². The first-order valence-corrected chi connectivity index (χ1v) is 10.2. The topological polar surface area (TPSA) is 83.4 Å². The summed E-state index contributed by atoms with van der Waals surface area (Å²) < 4.78 is 45.6. The Morgan fingerprint density at radius 3 is 2.55 bits per heavy atom. The van der Waals surface area contributed by atoms with Crippen LogP contribution in [0.5, 0.6) is 5.75 Å². The van der Waals surface area contributed by atoms with Gasteiger partial charge in [0, 0.05) is 38.7 Å². The number of likely N-dealkylation sites (tertiary alicyclic amines) is 1. The first-order chi connectivity index (χ1) is 14.7. The van der Waals surface area contributed by atoms with Crippen LogP contribution in [0.3, 0.4) is 0 Å². The zero-order chi connectivity index (χ0) is 23.0. The van der Waals surface area contributed by atoms with E-state index in [0.717, 1.165) is 5.56 Å². The quantitative estimate of drug-likeness (QED) is 0.363. The van der Waals surface area contributed by atoms with Crippen molar-refractivity contribution in [3.05, 3.63) is 29.8 Å². The maximum Gasteiger partial charge on any atom is 0.573 e. The Labute approximate surface area is 180 Å². The lowest BCUT2D eigenvalue weighted by atomic mass is 9.99. The van der Waals surface area contributed by atoms with Gasteiger partial charge < -0.3 is 24.8 Å². The number of ether oxygens (including phenoxy) is 2. The van der Waals surface area contributed by atoms with Crippen LogP contribution in [0, 0.1) is 17.8 Å². The predicted molar refractivity (Wildman–Crippen MR) is 110 cm³/mol. The molecule has 0 saturated carbocycles. The van der Waals surface area contributed by atoms with E-state index in [9.17, 15) is 23.1 Å². The molecule has 1 aliphatic rings. The first-order valence-electron chi connectivity index (χ1n) is 10.2. The van der Waals surface area contributed by atoms with E-state index in [2.05, 4.69) is 15.0 Å². The second-order valence-electron chi connectivity index (χ2n) is 7.65. The molecular weight excluding hydrogens is 415 g/mol. The Hall–Kier alpha value is -2.49. The van der Waals surface area contributed by atoms with Crippen molar-refractivity contribution in [1.82, 2.24) is 10.2 Å². The highest BCUT2D eigenvalue weighted by molar-refractivity contribution is 5.82. The molecule has 1 fully saturated rings. The lowest BCUT2D eigenvalue weighted by Gasteiger charge is -2.22. The predicted octanol–water partition coefficient (Wildman–Crippen LogP) is 2.44. The largest absolute Gasteiger partial charge is 0.573 e. The summed E-state index contributed by atoms with van der Waals surface area (Å²) in [5.74, 6) is -0.167. The number of alkyl halides is 3. The van der Waals surface area contributed by atoms with Crippen molar-refractivity contribution in [2.75, 3.05) is 39.9 Å². The molecule has 0 bridgehead atoms. The number of carbonyl (C=O) groups excluding carboxylic acids is 1. The van der Waals surface area contributed by atoms with Crippen LogP contribution in [0.15, 0.2) is 29.3 Å². The summed E-state index contributed by atoms with van der Waals surface area (Å²) in [6.45, 7) is 5.96. The fraction of sp³-hybridized carbons (Fsp3) is 0.619. The van der Waals surface area contributed by atoms with E-state index in [0.29, 0.717) is 38.6 Å². The van der Waals surface area contributed by atoms with Crippen LogP contribution in [0.4, 0.5) is 13.2 Å². The number of rotatable bonds is 8. The van der Waals surface area contributed by atoms with Crippen molar-refractivity contribution in [3.63, 3.8) is 0 Å². The molecule has 0 aliphatic carbocycles. The van der Waals surface area contributed by atoms with Gasteiger partial charge in [0.1, 0.15) is 5.75 Å². The van der Waals surface area contributed by atoms with Gasteiger partial charge in [0.25, 0.3) is 0 Å². The third kappa shape index (κ3) is 7.61. The van der Waals surface area contributed by atoms with Crippen LogP contribution in [0.25, 0.3) is 0 Å². The number of benzene rings is 1. The molecule has 0 aromatic heterocycles. The van der Waals surface area contributed by atoms with Crippen molar-refractivity contribution in [2.24, 2.45) is 22.7 Å². The average molecular weight is 445 g/mol. The standard InChI is InChI=1S/C21H30F3N3O4/c1-4-25-20(27-11-14(2)18(12-27)19(29)30-3)26-10-16(13-28)9-15-5-7-17(8-6-15)31-21(22,23)24/h5-8,14,16,18,28H,4,9-13H2,1-3H3,(H,25,26). The maximum atomic E-state index is 12.3. The number of aliphatic hydroxyl groups excluding tert-OH is 1. The molecule has 1 aromatic rings. The number of nitrogens with one attached hydrogen (secondary N) is 1. The number of halogens is 3. The second-order valence-corrected chi connectivity index (χ2v) is 7.65. The van der Waals surface area contributed by atoms with Gasteiger partial charge in [0.2, 0.25) is 0 Å². The Bertz CT molecular complexity index is 740. The number of methoxy groups -OCH3 is 1. The molecule has 1 saturated heterocycles. The van der Waals surface area contributed by atoms with Gasteiger partial charge in [-0.1, -0.05) is 19.1 Å². The highest BCUT2D eigenvalue weighted by atomic mass is 19.4. The first kappa shape index (κ1) is 24.8. The molecule has 0 amide bonds. The van der Waals surface area contributed by atoms with Gasteiger partial charge >= 0.3 is 12.3 Å². The smallest absolute Gasteiger partial charge is 0.469 e. The zero-order valence-corrected chi connectivity index (χ0v) is 18.0. The monoisotopic (exact) mass is 445 g/mol. The van der Waals surface area contributed by atoms with Gasteiger partial charge in [-0.25, -0.2) is 0 Å². The summed E-state index contributed by atoms with van der Waals surface area (Å²) in [5, 5.41) is 13.0. The SMILES string of the molecule is CCNC(=NCC(CO)Cc1ccc(OC(F)(F)F)cc1)N1CC(C)C(C(=O)OC)C1. The minimum absolute atomic E-state index is 0.120. The molecule has 174 valence electrons. The Morgan fingerprint density at radius 2 is 2.00 bits per heavy atom. The van der Waals surface area contributed by atoms with Crippen LogP contribution in [-0.4, -0.2) is 68.2 Å². The Morgan fingerprint density at radius 1 is 1.32 bits per heavy atom. The van der Waals surface area contributed by atoms with Gasteiger partial charge in [-0.15, -0.1) is 13.2 Å². The van der Waals surface area contributed by atoms with E-state index >= 15 is 0 Å². The minimum atomic E-state index is -4.73. The van der Waals surface area contributed by atoms with Gasteiger partial charge in [-0.05, 0) is 37.0 Å². The molecule has 1 aliphatic heterocycles. The molecule has 0 radical (unpaired) electrons. The molecule has 3 unspecified atom stereocenters. The van der Waals surface area contributed by atoms with Crippen LogP contribution in [0.2, 0.25) is 0 Å². The third-order valence-corrected chi connectivity index (χ3v) is 5.19. The minimum Gasteiger partial charge on any atom is -0.469 e. The van der Waals surface area contributed by atoms with Gasteiger partial charge in [0.05, 0.1) is 13.0 Å². The normalized spacial score (nSPS) is 20.5. The number of esters is 1. The Balaban J connectivity index is 2.01. The molecule has 10 heteroatoms. The maximum absolute atomic E-state index is 12.3. The van der Waals surface area contributed by atoms with E-state index in [4.69, 9.17) is 4.74 Å². The van der Waals surface area contributed by atoms with E-state index in [1.807, 2.05) is 18.7 Å². The molecule has 1 aromatic carbocycles. The lowest BCUT2D eigenvalue weighted by Crippen LogP contribution is -2.41. The van der Waals surface area contributed by atoms with Crippen LogP contribution < -0.4 is 10.1 Å². The molecular formula is C21H30F3N3O4. The molecule has 7 nitrogen and oxygen atoms in total. The molecule has 2 rings (SSSR count). The van der Waals surface area contributed by atoms with Crippen molar-refractivity contribution >= 4 is 11.9 Å². The second kappa shape index (κ2) is 11.2. The summed E-state index contributed by atoms with van der Waals surface area (Å²) in [6, 6.07) is 5.59. The summed E-state index contributed by atoms with van der Waals surface area (Å²) >= 11 is 0. The molecule has 0 spiro atoms. The molecule has 31 heavy (non-hydrogen) atoms. The van der Waals surface area contributed by atoms with Crippen LogP contribution in [0.1, 0.15) is 19.4 Å². The van der Waals surface area contributed by atoms with Crippen molar-refractivity contribution < 1.29 is 32.5 Å². The van der Waals surface area contributed by atoms with E-state index in [1.165, 1.54) is 19.2 Å². The number of guanidine groups is 1. The van der Waals surface area contributed by atoms with Crippen molar-refractivity contribution in [2.45, 2.75) is 26.6 Å². The number of nitrogens with zero attached hydrogens (tertiary/aromatic N) is 2.